The van der Waals surface area contributed by atoms with E-state index < -0.39 is 5.82 Å². The third kappa shape index (κ3) is 4.76. The predicted molar refractivity (Wildman–Crippen MR) is 92.7 cm³/mol. The van der Waals surface area contributed by atoms with Gasteiger partial charge in [0.25, 0.3) is 0 Å². The van der Waals surface area contributed by atoms with Crippen LogP contribution in [0.2, 0.25) is 5.02 Å². The van der Waals surface area contributed by atoms with Crippen LogP contribution in [-0.4, -0.2) is 26.7 Å². The lowest BCUT2D eigenvalue weighted by Gasteiger charge is -2.12. The number of benzene rings is 2. The topological polar surface area (TPSA) is 59.6 Å². The molecule has 2 aromatic rings. The summed E-state index contributed by atoms with van der Waals surface area (Å²) in [6.45, 7) is 0.406. The predicted octanol–water partition coefficient (Wildman–Crippen LogP) is 3.94. The van der Waals surface area contributed by atoms with Crippen molar-refractivity contribution in [1.82, 2.24) is 0 Å². The molecule has 0 saturated carbocycles. The number of amides is 1. The van der Waals surface area contributed by atoms with Crippen LogP contribution >= 0.6 is 11.6 Å². The molecular weight excluding hydrogens is 335 g/mol. The fourth-order valence-corrected chi connectivity index (χ4v) is 2.23. The maximum absolute atomic E-state index is 13.1. The first kappa shape index (κ1) is 17.9. The summed E-state index contributed by atoms with van der Waals surface area (Å²) in [6.07, 6.45) is 0.226. The van der Waals surface area contributed by atoms with Gasteiger partial charge in [-0.25, -0.2) is 4.39 Å². The van der Waals surface area contributed by atoms with Gasteiger partial charge in [0.2, 0.25) is 5.91 Å². The van der Waals surface area contributed by atoms with Crippen LogP contribution in [0.4, 0.5) is 15.8 Å². The molecule has 0 fully saturated rings. The Morgan fingerprint density at radius 2 is 1.96 bits per heavy atom. The van der Waals surface area contributed by atoms with E-state index in [9.17, 15) is 9.18 Å². The second-order valence-corrected chi connectivity index (χ2v) is 5.33. The molecule has 0 spiro atoms. The number of anilines is 2. The molecule has 0 radical (unpaired) electrons. The average molecular weight is 353 g/mol. The maximum atomic E-state index is 13.1. The highest BCUT2D eigenvalue weighted by Crippen LogP contribution is 2.28. The Kier molecular flexibility index (Phi) is 6.26. The number of nitrogens with one attached hydrogen (secondary N) is 2. The Labute approximate surface area is 144 Å². The summed E-state index contributed by atoms with van der Waals surface area (Å²) in [5, 5.41) is 5.75. The summed E-state index contributed by atoms with van der Waals surface area (Å²) in [5.41, 5.74) is 1.21. The second-order valence-electron chi connectivity index (χ2n) is 4.92. The van der Waals surface area contributed by atoms with Crippen LogP contribution in [0.3, 0.4) is 0 Å². The van der Waals surface area contributed by atoms with Crippen molar-refractivity contribution in [3.8, 4) is 11.5 Å². The van der Waals surface area contributed by atoms with Gasteiger partial charge in [0.1, 0.15) is 17.3 Å². The second kappa shape index (κ2) is 8.40. The van der Waals surface area contributed by atoms with Crippen LogP contribution in [0.5, 0.6) is 11.5 Å². The van der Waals surface area contributed by atoms with Crippen LogP contribution in [-0.2, 0) is 4.79 Å². The smallest absolute Gasteiger partial charge is 0.226 e. The molecule has 2 rings (SSSR count). The summed E-state index contributed by atoms with van der Waals surface area (Å²) < 4.78 is 23.5. The standard InChI is InChI=1S/C17H18ClFN2O3/c1-23-12-4-6-15(16(10-12)24-2)20-8-7-17(22)21-11-3-5-14(19)13(18)9-11/h3-6,9-10,20H,7-8H2,1-2H3,(H,21,22). The molecular formula is C17H18ClFN2O3. The largest absolute Gasteiger partial charge is 0.497 e. The van der Waals surface area contributed by atoms with E-state index in [2.05, 4.69) is 10.6 Å². The van der Waals surface area contributed by atoms with Gasteiger partial charge in [-0.3, -0.25) is 4.79 Å². The summed E-state index contributed by atoms with van der Waals surface area (Å²) in [7, 11) is 3.14. The van der Waals surface area contributed by atoms with Crippen LogP contribution in [0, 0.1) is 5.82 Å². The fourth-order valence-electron chi connectivity index (χ4n) is 2.05. The van der Waals surface area contributed by atoms with Gasteiger partial charge in [-0.1, -0.05) is 11.6 Å². The van der Waals surface area contributed by atoms with Crippen LogP contribution in [0.25, 0.3) is 0 Å². The van der Waals surface area contributed by atoms with Gasteiger partial charge in [0.15, 0.2) is 0 Å². The molecule has 0 bridgehead atoms. The monoisotopic (exact) mass is 352 g/mol. The number of carbonyl (C=O) groups excluding carboxylic acids is 1. The lowest BCUT2D eigenvalue weighted by molar-refractivity contribution is -0.115. The fraction of sp³-hybridized carbons (Fsp3) is 0.235. The third-order valence-corrected chi connectivity index (χ3v) is 3.57. The molecule has 0 aliphatic heterocycles. The van der Waals surface area contributed by atoms with E-state index in [1.807, 2.05) is 6.07 Å². The molecule has 128 valence electrons. The number of hydrogen-bond donors (Lipinski definition) is 2. The molecule has 2 N–H and O–H groups in total. The lowest BCUT2D eigenvalue weighted by Crippen LogP contribution is -2.16. The van der Waals surface area contributed by atoms with Gasteiger partial charge in [-0.05, 0) is 30.3 Å². The van der Waals surface area contributed by atoms with Crippen molar-refractivity contribution in [1.29, 1.82) is 0 Å². The average Bonchev–Trinajstić information content (AvgIpc) is 2.58. The Bertz CT molecular complexity index is 725. The van der Waals surface area contributed by atoms with E-state index in [4.69, 9.17) is 21.1 Å². The van der Waals surface area contributed by atoms with Crippen LogP contribution < -0.4 is 20.1 Å². The highest BCUT2D eigenvalue weighted by Gasteiger charge is 2.07. The molecule has 0 saturated heterocycles. The molecule has 1 amide bonds. The van der Waals surface area contributed by atoms with Gasteiger partial charge in [0.05, 0.1) is 24.9 Å². The van der Waals surface area contributed by atoms with E-state index in [0.29, 0.717) is 23.7 Å². The third-order valence-electron chi connectivity index (χ3n) is 3.28. The first-order chi connectivity index (χ1) is 11.5. The van der Waals surface area contributed by atoms with E-state index in [0.717, 1.165) is 5.69 Å². The van der Waals surface area contributed by atoms with Crippen molar-refractivity contribution in [2.75, 3.05) is 31.4 Å². The van der Waals surface area contributed by atoms with E-state index in [1.54, 1.807) is 26.4 Å². The first-order valence-electron chi connectivity index (χ1n) is 7.24. The highest BCUT2D eigenvalue weighted by molar-refractivity contribution is 6.31. The Morgan fingerprint density at radius 3 is 2.62 bits per heavy atom. The van der Waals surface area contributed by atoms with Gasteiger partial charge >= 0.3 is 0 Å². The minimum absolute atomic E-state index is 0.0334. The zero-order valence-corrected chi connectivity index (χ0v) is 14.1. The van der Waals surface area contributed by atoms with E-state index >= 15 is 0 Å². The Hall–Kier alpha value is -2.47. The minimum atomic E-state index is -0.525. The van der Waals surface area contributed by atoms with E-state index in [-0.39, 0.29) is 17.4 Å². The number of rotatable bonds is 7. The molecule has 0 atom stereocenters. The summed E-state index contributed by atoms with van der Waals surface area (Å²) in [5.74, 6) is 0.573. The minimum Gasteiger partial charge on any atom is -0.497 e. The van der Waals surface area contributed by atoms with Crippen LogP contribution in [0.1, 0.15) is 6.42 Å². The van der Waals surface area contributed by atoms with Gasteiger partial charge < -0.3 is 20.1 Å². The molecule has 0 heterocycles. The van der Waals surface area contributed by atoms with Gasteiger partial charge in [0, 0.05) is 24.7 Å². The zero-order chi connectivity index (χ0) is 17.5. The summed E-state index contributed by atoms with van der Waals surface area (Å²) >= 11 is 5.68. The number of halogens is 2. The molecule has 24 heavy (non-hydrogen) atoms. The molecule has 0 aromatic heterocycles. The first-order valence-corrected chi connectivity index (χ1v) is 7.62. The SMILES string of the molecule is COc1ccc(NCCC(=O)Nc2ccc(F)c(Cl)c2)c(OC)c1. The van der Waals surface area contributed by atoms with E-state index in [1.165, 1.54) is 18.2 Å². The quantitative estimate of drug-likeness (QED) is 0.792. The van der Waals surface area contributed by atoms with Crippen molar-refractivity contribution in [2.24, 2.45) is 0 Å². The number of carbonyl (C=O) groups is 1. The summed E-state index contributed by atoms with van der Waals surface area (Å²) in [6, 6.07) is 9.40. The molecule has 7 heteroatoms. The highest BCUT2D eigenvalue weighted by atomic mass is 35.5. The lowest BCUT2D eigenvalue weighted by atomic mass is 10.2. The van der Waals surface area contributed by atoms with Crippen molar-refractivity contribution < 1.29 is 18.7 Å². The molecule has 0 aliphatic carbocycles. The van der Waals surface area contributed by atoms with Crippen molar-refractivity contribution >= 4 is 28.9 Å². The van der Waals surface area contributed by atoms with Gasteiger partial charge in [-0.15, -0.1) is 0 Å². The Morgan fingerprint density at radius 1 is 1.17 bits per heavy atom. The summed E-state index contributed by atoms with van der Waals surface area (Å²) in [4.78, 5) is 11.9. The number of hydrogen-bond acceptors (Lipinski definition) is 4. The molecule has 0 unspecified atom stereocenters. The van der Waals surface area contributed by atoms with Crippen molar-refractivity contribution in [3.05, 3.63) is 47.2 Å². The Balaban J connectivity index is 1.87. The van der Waals surface area contributed by atoms with Crippen LogP contribution in [0.15, 0.2) is 36.4 Å². The zero-order valence-electron chi connectivity index (χ0n) is 13.4. The number of methoxy groups -OCH3 is 2. The molecule has 5 nitrogen and oxygen atoms in total. The molecule has 2 aromatic carbocycles. The normalized spacial score (nSPS) is 10.2. The molecule has 0 aliphatic rings. The van der Waals surface area contributed by atoms with Crippen molar-refractivity contribution in [3.63, 3.8) is 0 Å². The maximum Gasteiger partial charge on any atom is 0.226 e. The van der Waals surface area contributed by atoms with Crippen molar-refractivity contribution in [2.45, 2.75) is 6.42 Å². The van der Waals surface area contributed by atoms with Gasteiger partial charge in [-0.2, -0.15) is 0 Å². The number of ether oxygens (including phenoxy) is 2.